The summed E-state index contributed by atoms with van der Waals surface area (Å²) in [5, 5.41) is 6.39. The normalized spacial score (nSPS) is 10.0. The van der Waals surface area contributed by atoms with E-state index in [9.17, 15) is 4.79 Å². The molecule has 2 rings (SSSR count). The van der Waals surface area contributed by atoms with Crippen LogP contribution in [0.2, 0.25) is 5.02 Å². The van der Waals surface area contributed by atoms with Crippen molar-refractivity contribution in [3.63, 3.8) is 0 Å². The highest BCUT2D eigenvalue weighted by molar-refractivity contribution is 6.30. The SMILES string of the molecule is CCOc1ccc(NCC(=O)Nc2ccc(Cl)cc2)cn1. The summed E-state index contributed by atoms with van der Waals surface area (Å²) >= 11 is 5.78. The molecule has 2 N–H and O–H groups in total. The van der Waals surface area contributed by atoms with Gasteiger partial charge in [-0.1, -0.05) is 11.6 Å². The Hall–Kier alpha value is -2.27. The van der Waals surface area contributed by atoms with E-state index in [1.807, 2.05) is 13.0 Å². The van der Waals surface area contributed by atoms with Gasteiger partial charge >= 0.3 is 0 Å². The number of aromatic nitrogens is 1. The summed E-state index contributed by atoms with van der Waals surface area (Å²) in [7, 11) is 0. The fourth-order valence-electron chi connectivity index (χ4n) is 1.64. The number of carbonyl (C=O) groups excluding carboxylic acids is 1. The van der Waals surface area contributed by atoms with Gasteiger partial charge in [-0.2, -0.15) is 0 Å². The molecule has 0 aliphatic heterocycles. The first-order valence-corrected chi connectivity index (χ1v) is 6.93. The fourth-order valence-corrected chi connectivity index (χ4v) is 1.76. The molecule has 1 heterocycles. The molecule has 0 aliphatic carbocycles. The highest BCUT2D eigenvalue weighted by Gasteiger charge is 2.03. The zero-order valence-corrected chi connectivity index (χ0v) is 12.4. The number of rotatable bonds is 6. The zero-order valence-electron chi connectivity index (χ0n) is 11.6. The molecule has 1 aromatic heterocycles. The summed E-state index contributed by atoms with van der Waals surface area (Å²) in [6, 6.07) is 10.5. The average molecular weight is 306 g/mol. The van der Waals surface area contributed by atoms with E-state index in [4.69, 9.17) is 16.3 Å². The predicted octanol–water partition coefficient (Wildman–Crippen LogP) is 3.18. The van der Waals surface area contributed by atoms with Crippen LogP contribution in [-0.2, 0) is 4.79 Å². The lowest BCUT2D eigenvalue weighted by atomic mass is 10.3. The van der Waals surface area contributed by atoms with Crippen molar-refractivity contribution in [1.82, 2.24) is 4.98 Å². The number of nitrogens with zero attached hydrogens (tertiary/aromatic N) is 1. The largest absolute Gasteiger partial charge is 0.478 e. The van der Waals surface area contributed by atoms with Gasteiger partial charge in [-0.05, 0) is 37.3 Å². The van der Waals surface area contributed by atoms with Gasteiger partial charge < -0.3 is 15.4 Å². The van der Waals surface area contributed by atoms with E-state index < -0.39 is 0 Å². The highest BCUT2D eigenvalue weighted by Crippen LogP contribution is 2.14. The first-order chi connectivity index (χ1) is 10.2. The minimum Gasteiger partial charge on any atom is -0.478 e. The van der Waals surface area contributed by atoms with E-state index in [0.29, 0.717) is 23.2 Å². The Morgan fingerprint density at radius 2 is 1.90 bits per heavy atom. The molecule has 2 aromatic rings. The van der Waals surface area contributed by atoms with E-state index in [0.717, 1.165) is 5.69 Å². The van der Waals surface area contributed by atoms with Crippen molar-refractivity contribution in [3.05, 3.63) is 47.6 Å². The Morgan fingerprint density at radius 1 is 1.19 bits per heavy atom. The molecule has 0 saturated heterocycles. The maximum Gasteiger partial charge on any atom is 0.243 e. The number of carbonyl (C=O) groups is 1. The zero-order chi connectivity index (χ0) is 15.1. The second-order valence-corrected chi connectivity index (χ2v) is 4.66. The maximum absolute atomic E-state index is 11.8. The third kappa shape index (κ3) is 4.96. The highest BCUT2D eigenvalue weighted by atomic mass is 35.5. The number of amides is 1. The quantitative estimate of drug-likeness (QED) is 0.860. The summed E-state index contributed by atoms with van der Waals surface area (Å²) in [5.74, 6) is 0.417. The maximum atomic E-state index is 11.8. The summed E-state index contributed by atoms with van der Waals surface area (Å²) in [4.78, 5) is 15.9. The van der Waals surface area contributed by atoms with Crippen LogP contribution in [0.1, 0.15) is 6.92 Å². The van der Waals surface area contributed by atoms with Gasteiger partial charge in [0, 0.05) is 16.8 Å². The molecule has 0 fully saturated rings. The van der Waals surface area contributed by atoms with Gasteiger partial charge in [-0.3, -0.25) is 4.79 Å². The molecule has 1 aromatic carbocycles. The lowest BCUT2D eigenvalue weighted by Crippen LogP contribution is -2.21. The number of ether oxygens (including phenoxy) is 1. The molecule has 110 valence electrons. The molecule has 0 bridgehead atoms. The second kappa shape index (κ2) is 7.50. The van der Waals surface area contributed by atoms with Crippen molar-refractivity contribution in [2.45, 2.75) is 6.92 Å². The van der Waals surface area contributed by atoms with Gasteiger partial charge in [0.05, 0.1) is 25.0 Å². The van der Waals surface area contributed by atoms with Crippen LogP contribution in [0.5, 0.6) is 5.88 Å². The number of pyridine rings is 1. The van der Waals surface area contributed by atoms with Crippen molar-refractivity contribution >= 4 is 28.9 Å². The van der Waals surface area contributed by atoms with Crippen molar-refractivity contribution in [2.75, 3.05) is 23.8 Å². The van der Waals surface area contributed by atoms with Crippen LogP contribution in [0.4, 0.5) is 11.4 Å². The molecular weight excluding hydrogens is 290 g/mol. The molecule has 1 amide bonds. The molecule has 5 nitrogen and oxygen atoms in total. The summed E-state index contributed by atoms with van der Waals surface area (Å²) < 4.78 is 5.25. The molecule has 6 heteroatoms. The monoisotopic (exact) mass is 305 g/mol. The van der Waals surface area contributed by atoms with E-state index in [-0.39, 0.29) is 12.5 Å². The third-order valence-electron chi connectivity index (χ3n) is 2.61. The Morgan fingerprint density at radius 3 is 2.52 bits per heavy atom. The average Bonchev–Trinajstić information content (AvgIpc) is 2.49. The van der Waals surface area contributed by atoms with Gasteiger partial charge in [0.1, 0.15) is 0 Å². The lowest BCUT2D eigenvalue weighted by molar-refractivity contribution is -0.114. The van der Waals surface area contributed by atoms with Crippen LogP contribution >= 0.6 is 11.6 Å². The van der Waals surface area contributed by atoms with Crippen LogP contribution in [0, 0.1) is 0 Å². The number of benzene rings is 1. The van der Waals surface area contributed by atoms with Crippen LogP contribution in [0.15, 0.2) is 42.6 Å². The van der Waals surface area contributed by atoms with Crippen LogP contribution in [0.3, 0.4) is 0 Å². The van der Waals surface area contributed by atoms with Crippen molar-refractivity contribution < 1.29 is 9.53 Å². The van der Waals surface area contributed by atoms with Crippen molar-refractivity contribution in [1.29, 1.82) is 0 Å². The number of halogens is 1. The minimum absolute atomic E-state index is 0.147. The van der Waals surface area contributed by atoms with Crippen LogP contribution in [-0.4, -0.2) is 24.0 Å². The summed E-state index contributed by atoms with van der Waals surface area (Å²) in [6.07, 6.45) is 1.63. The smallest absolute Gasteiger partial charge is 0.243 e. The van der Waals surface area contributed by atoms with Crippen LogP contribution in [0.25, 0.3) is 0 Å². The molecule has 0 atom stereocenters. The van der Waals surface area contributed by atoms with Gasteiger partial charge in [0.25, 0.3) is 0 Å². The Balaban J connectivity index is 1.81. The van der Waals surface area contributed by atoms with E-state index in [1.54, 1.807) is 36.5 Å². The summed E-state index contributed by atoms with van der Waals surface area (Å²) in [5.41, 5.74) is 1.46. The molecule has 0 aliphatic rings. The Bertz CT molecular complexity index is 585. The van der Waals surface area contributed by atoms with Gasteiger partial charge in [0.15, 0.2) is 0 Å². The third-order valence-corrected chi connectivity index (χ3v) is 2.86. The van der Waals surface area contributed by atoms with Gasteiger partial charge in [-0.15, -0.1) is 0 Å². The molecular formula is C15H16ClN3O2. The number of hydrogen-bond acceptors (Lipinski definition) is 4. The minimum atomic E-state index is -0.147. The predicted molar refractivity (Wildman–Crippen MR) is 84.0 cm³/mol. The lowest BCUT2D eigenvalue weighted by Gasteiger charge is -2.08. The summed E-state index contributed by atoms with van der Waals surface area (Å²) in [6.45, 7) is 2.62. The topological polar surface area (TPSA) is 63.2 Å². The molecule has 0 saturated carbocycles. The van der Waals surface area contributed by atoms with E-state index in [1.165, 1.54) is 0 Å². The number of nitrogens with one attached hydrogen (secondary N) is 2. The van der Waals surface area contributed by atoms with Crippen molar-refractivity contribution in [3.8, 4) is 5.88 Å². The molecule has 0 radical (unpaired) electrons. The van der Waals surface area contributed by atoms with E-state index >= 15 is 0 Å². The fraction of sp³-hybridized carbons (Fsp3) is 0.200. The van der Waals surface area contributed by atoms with Gasteiger partial charge in [0.2, 0.25) is 11.8 Å². The molecule has 21 heavy (non-hydrogen) atoms. The van der Waals surface area contributed by atoms with E-state index in [2.05, 4.69) is 15.6 Å². The Kier molecular flexibility index (Phi) is 5.40. The first-order valence-electron chi connectivity index (χ1n) is 6.55. The van der Waals surface area contributed by atoms with Crippen LogP contribution < -0.4 is 15.4 Å². The van der Waals surface area contributed by atoms with Crippen molar-refractivity contribution in [2.24, 2.45) is 0 Å². The standard InChI is InChI=1S/C15H16ClN3O2/c1-2-21-15-8-7-13(9-18-15)17-10-14(20)19-12-5-3-11(16)4-6-12/h3-9,17H,2,10H2,1H3,(H,19,20). The first kappa shape index (κ1) is 15.1. The van der Waals surface area contributed by atoms with Gasteiger partial charge in [-0.25, -0.2) is 4.98 Å². The molecule has 0 unspecified atom stereocenters. The molecule has 0 spiro atoms. The Labute approximate surface area is 128 Å². The number of hydrogen-bond donors (Lipinski definition) is 2. The number of anilines is 2. The second-order valence-electron chi connectivity index (χ2n) is 4.23.